The maximum Gasteiger partial charge on any atom is 0.453 e. The fraction of sp³-hybridized carbons (Fsp3) is 0.300. The van der Waals surface area contributed by atoms with E-state index in [1.165, 1.54) is 6.33 Å². The minimum absolute atomic E-state index is 0.121. The molecule has 1 aromatic carbocycles. The minimum Gasteiger partial charge on any atom is -0.326 e. The smallest absolute Gasteiger partial charge is 0.326 e. The largest absolute Gasteiger partial charge is 0.453 e. The van der Waals surface area contributed by atoms with Crippen molar-refractivity contribution in [3.05, 3.63) is 65.3 Å². The fourth-order valence-electron chi connectivity index (χ4n) is 3.40. The first-order valence-corrected chi connectivity index (χ1v) is 9.72. The summed E-state index contributed by atoms with van der Waals surface area (Å²) in [5, 5.41) is 10.4. The number of halogens is 3. The predicted molar refractivity (Wildman–Crippen MR) is 108 cm³/mol. The van der Waals surface area contributed by atoms with Crippen LogP contribution in [0.3, 0.4) is 0 Å². The van der Waals surface area contributed by atoms with Gasteiger partial charge in [-0.3, -0.25) is 4.79 Å². The summed E-state index contributed by atoms with van der Waals surface area (Å²) in [6.45, 7) is 3.83. The van der Waals surface area contributed by atoms with E-state index in [0.717, 1.165) is 10.1 Å². The highest BCUT2D eigenvalue weighted by Gasteiger charge is 2.36. The Morgan fingerprint density at radius 1 is 1.19 bits per heavy atom. The van der Waals surface area contributed by atoms with Crippen LogP contribution in [0, 0.1) is 13.8 Å². The second-order valence-electron chi connectivity index (χ2n) is 7.25. The third kappa shape index (κ3) is 4.58. The second-order valence-corrected chi connectivity index (χ2v) is 7.25. The van der Waals surface area contributed by atoms with Crippen LogP contribution in [0.25, 0.3) is 5.78 Å². The number of nitrogens with one attached hydrogen (secondary N) is 1. The Hall–Kier alpha value is -3.83. The predicted octanol–water partition coefficient (Wildman–Crippen LogP) is 2.97. The molecule has 0 spiro atoms. The fourth-order valence-corrected chi connectivity index (χ4v) is 3.40. The number of hydrogen-bond acceptors (Lipinski definition) is 6. The van der Waals surface area contributed by atoms with Crippen molar-refractivity contribution in [2.45, 2.75) is 39.4 Å². The number of aromatic nitrogens is 7. The summed E-state index contributed by atoms with van der Waals surface area (Å²) >= 11 is 0. The lowest BCUT2D eigenvalue weighted by molar-refractivity contribution is -0.144. The van der Waals surface area contributed by atoms with Crippen molar-refractivity contribution < 1.29 is 18.0 Å². The summed E-state index contributed by atoms with van der Waals surface area (Å²) < 4.78 is 41.5. The molecule has 1 N–H and O–H groups in total. The molecule has 0 aliphatic carbocycles. The average molecular weight is 444 g/mol. The molecule has 4 rings (SSSR count). The summed E-state index contributed by atoms with van der Waals surface area (Å²) in [7, 11) is 0. The third-order valence-corrected chi connectivity index (χ3v) is 4.93. The third-order valence-electron chi connectivity index (χ3n) is 4.93. The van der Waals surface area contributed by atoms with Gasteiger partial charge in [0.05, 0.1) is 6.54 Å². The van der Waals surface area contributed by atoms with E-state index in [1.54, 1.807) is 30.9 Å². The highest BCUT2D eigenvalue weighted by atomic mass is 19.4. The number of fused-ring (bicyclic) bond motifs is 1. The molecule has 0 aliphatic rings. The second kappa shape index (κ2) is 8.36. The number of amides is 1. The summed E-state index contributed by atoms with van der Waals surface area (Å²) in [6, 6.07) is 7.37. The molecule has 3 heterocycles. The van der Waals surface area contributed by atoms with Crippen molar-refractivity contribution >= 4 is 17.4 Å². The highest BCUT2D eigenvalue weighted by molar-refractivity contribution is 5.90. The van der Waals surface area contributed by atoms with Gasteiger partial charge in [-0.15, -0.1) is 5.10 Å². The molecule has 3 aromatic heterocycles. The Morgan fingerprint density at radius 3 is 2.72 bits per heavy atom. The molecule has 0 atom stereocenters. The van der Waals surface area contributed by atoms with Gasteiger partial charge in [0.15, 0.2) is 0 Å². The molecule has 0 aliphatic heterocycles. The van der Waals surface area contributed by atoms with Gasteiger partial charge in [0.2, 0.25) is 5.91 Å². The maximum atomic E-state index is 12.9. The van der Waals surface area contributed by atoms with Gasteiger partial charge in [-0.25, -0.2) is 19.2 Å². The Balaban J connectivity index is 1.45. The minimum atomic E-state index is -4.66. The Labute approximate surface area is 180 Å². The van der Waals surface area contributed by atoms with Gasteiger partial charge in [-0.05, 0) is 43.5 Å². The molecule has 32 heavy (non-hydrogen) atoms. The van der Waals surface area contributed by atoms with Crippen LogP contribution in [0.15, 0.2) is 36.9 Å². The molecule has 12 heteroatoms. The van der Waals surface area contributed by atoms with Crippen molar-refractivity contribution in [3.63, 3.8) is 0 Å². The highest BCUT2D eigenvalue weighted by Crippen LogP contribution is 2.27. The molecular formula is C20H19F3N8O. The lowest BCUT2D eigenvalue weighted by atomic mass is 10.1. The molecule has 0 unspecified atom stereocenters. The van der Waals surface area contributed by atoms with Gasteiger partial charge in [-0.2, -0.15) is 23.3 Å². The molecule has 166 valence electrons. The summed E-state index contributed by atoms with van der Waals surface area (Å²) in [6.07, 6.45) is -1.18. The molecule has 0 saturated carbocycles. The molecule has 0 saturated heterocycles. The SMILES string of the molecule is Cc1nc2nc(C(F)(F)F)nn2c(C)c1CCC(=O)Nc1cccc(Cn2cncn2)c1. The number of carbonyl (C=O) groups excluding carboxylic acids is 1. The lowest BCUT2D eigenvalue weighted by Gasteiger charge is -2.11. The maximum absolute atomic E-state index is 12.9. The average Bonchev–Trinajstić information content (AvgIpc) is 3.37. The van der Waals surface area contributed by atoms with Crippen molar-refractivity contribution in [2.24, 2.45) is 0 Å². The summed E-state index contributed by atoms with van der Waals surface area (Å²) in [4.78, 5) is 24.0. The molecule has 4 aromatic rings. The Kier molecular flexibility index (Phi) is 5.59. The van der Waals surface area contributed by atoms with Crippen molar-refractivity contribution in [3.8, 4) is 0 Å². The number of aryl methyl sites for hydroxylation is 2. The number of nitrogens with zero attached hydrogens (tertiary/aromatic N) is 7. The topological polar surface area (TPSA) is 103 Å². The number of anilines is 1. The van der Waals surface area contributed by atoms with Gasteiger partial charge in [-0.1, -0.05) is 12.1 Å². The van der Waals surface area contributed by atoms with E-state index >= 15 is 0 Å². The number of carbonyl (C=O) groups is 1. The summed E-state index contributed by atoms with van der Waals surface area (Å²) in [5.41, 5.74) is 3.23. The number of rotatable bonds is 6. The van der Waals surface area contributed by atoms with Gasteiger partial charge in [0.25, 0.3) is 11.6 Å². The normalized spacial score (nSPS) is 11.8. The molecular weight excluding hydrogens is 425 g/mol. The number of benzene rings is 1. The van der Waals surface area contributed by atoms with Crippen molar-refractivity contribution in [1.29, 1.82) is 0 Å². The number of alkyl halides is 3. The Bertz CT molecular complexity index is 1260. The quantitative estimate of drug-likeness (QED) is 0.491. The van der Waals surface area contributed by atoms with E-state index in [-0.39, 0.29) is 18.1 Å². The van der Waals surface area contributed by atoms with Crippen LogP contribution in [-0.4, -0.2) is 40.3 Å². The van der Waals surface area contributed by atoms with Crippen LogP contribution in [0.5, 0.6) is 0 Å². The molecule has 0 fully saturated rings. The zero-order chi connectivity index (χ0) is 22.9. The molecule has 0 bridgehead atoms. The van der Waals surface area contributed by atoms with Gasteiger partial charge < -0.3 is 5.32 Å². The van der Waals surface area contributed by atoms with E-state index < -0.39 is 12.0 Å². The van der Waals surface area contributed by atoms with E-state index in [2.05, 4.69) is 30.5 Å². The molecule has 1 amide bonds. The van der Waals surface area contributed by atoms with E-state index in [1.807, 2.05) is 18.2 Å². The zero-order valence-electron chi connectivity index (χ0n) is 17.3. The van der Waals surface area contributed by atoms with E-state index in [4.69, 9.17) is 0 Å². The molecule has 0 radical (unpaired) electrons. The van der Waals surface area contributed by atoms with Crippen LogP contribution >= 0.6 is 0 Å². The van der Waals surface area contributed by atoms with Crippen molar-refractivity contribution in [2.75, 3.05) is 5.32 Å². The molecule has 9 nitrogen and oxygen atoms in total. The van der Waals surface area contributed by atoms with Crippen LogP contribution in [0.1, 0.15) is 34.8 Å². The van der Waals surface area contributed by atoms with Gasteiger partial charge in [0.1, 0.15) is 12.7 Å². The first kappa shape index (κ1) is 21.4. The van der Waals surface area contributed by atoms with Gasteiger partial charge >= 0.3 is 6.18 Å². The summed E-state index contributed by atoms with van der Waals surface area (Å²) in [5.74, 6) is -1.59. The number of hydrogen-bond donors (Lipinski definition) is 1. The Morgan fingerprint density at radius 2 is 2.00 bits per heavy atom. The van der Waals surface area contributed by atoms with E-state index in [0.29, 0.717) is 35.6 Å². The monoisotopic (exact) mass is 444 g/mol. The first-order valence-electron chi connectivity index (χ1n) is 9.72. The van der Waals surface area contributed by atoms with Crippen LogP contribution in [0.2, 0.25) is 0 Å². The first-order chi connectivity index (χ1) is 15.2. The standard InChI is InChI=1S/C20H19F3N8O/c1-12-16(13(2)31-19(26-12)28-18(29-31)20(21,22)23)6-7-17(32)27-15-5-3-4-14(8-15)9-30-11-24-10-25-30/h3-5,8,10-11H,6-7,9H2,1-2H3,(H,27,32). The van der Waals surface area contributed by atoms with Crippen molar-refractivity contribution in [1.82, 2.24) is 34.3 Å². The van der Waals surface area contributed by atoms with Crippen LogP contribution in [-0.2, 0) is 23.9 Å². The lowest BCUT2D eigenvalue weighted by Crippen LogP contribution is -2.14. The van der Waals surface area contributed by atoms with Crippen LogP contribution in [0.4, 0.5) is 18.9 Å². The van der Waals surface area contributed by atoms with E-state index in [9.17, 15) is 18.0 Å². The zero-order valence-corrected chi connectivity index (χ0v) is 17.3. The van der Waals surface area contributed by atoms with Crippen LogP contribution < -0.4 is 5.32 Å². The van der Waals surface area contributed by atoms with Gasteiger partial charge in [0, 0.05) is 23.5 Å².